The van der Waals surface area contributed by atoms with Crippen molar-refractivity contribution >= 4 is 11.8 Å². The van der Waals surface area contributed by atoms with Gasteiger partial charge in [-0.2, -0.15) is 0 Å². The predicted molar refractivity (Wildman–Crippen MR) is 107 cm³/mol. The molecule has 0 aliphatic carbocycles. The number of benzene rings is 1. The largest absolute Gasteiger partial charge is 0.378 e. The van der Waals surface area contributed by atoms with Crippen molar-refractivity contribution in [2.24, 2.45) is 0 Å². The van der Waals surface area contributed by atoms with E-state index in [4.69, 9.17) is 4.74 Å². The Morgan fingerprint density at radius 1 is 1.19 bits per heavy atom. The molecule has 27 heavy (non-hydrogen) atoms. The number of morpholine rings is 1. The fraction of sp³-hybridized carbons (Fsp3) is 0.429. The van der Waals surface area contributed by atoms with E-state index in [9.17, 15) is 4.79 Å². The van der Waals surface area contributed by atoms with E-state index in [0.717, 1.165) is 42.9 Å². The van der Waals surface area contributed by atoms with Crippen molar-refractivity contribution in [1.29, 1.82) is 0 Å². The normalized spacial score (nSPS) is 15.2. The third-order valence-corrected chi connectivity index (χ3v) is 4.70. The zero-order chi connectivity index (χ0) is 18.9. The van der Waals surface area contributed by atoms with Crippen molar-refractivity contribution in [3.63, 3.8) is 0 Å². The average Bonchev–Trinajstić information content (AvgIpc) is 2.73. The maximum atomic E-state index is 12.5. The van der Waals surface area contributed by atoms with E-state index in [-0.39, 0.29) is 12.1 Å². The van der Waals surface area contributed by atoms with E-state index in [0.29, 0.717) is 19.8 Å². The first kappa shape index (κ1) is 19.2. The monoisotopic (exact) mass is 368 g/mol. The van der Waals surface area contributed by atoms with Crippen LogP contribution in [0.25, 0.3) is 0 Å². The van der Waals surface area contributed by atoms with Crippen molar-refractivity contribution in [1.82, 2.24) is 15.6 Å². The number of carbonyl (C=O) groups is 1. The number of hydrogen-bond acceptors (Lipinski definition) is 4. The van der Waals surface area contributed by atoms with Crippen LogP contribution in [0.15, 0.2) is 48.7 Å². The van der Waals surface area contributed by atoms with Crippen LogP contribution in [0.4, 0.5) is 10.6 Å². The molecule has 2 amide bonds. The second kappa shape index (κ2) is 9.92. The summed E-state index contributed by atoms with van der Waals surface area (Å²) in [4.78, 5) is 19.2. The molecule has 1 aliphatic heterocycles. The predicted octanol–water partition coefficient (Wildman–Crippen LogP) is 3.26. The molecule has 2 aromatic rings. The lowest BCUT2D eigenvalue weighted by atomic mass is 10.0. The molecule has 0 spiro atoms. The highest BCUT2D eigenvalue weighted by atomic mass is 16.5. The summed E-state index contributed by atoms with van der Waals surface area (Å²) in [7, 11) is 0. The second-order valence-electron chi connectivity index (χ2n) is 6.66. The van der Waals surface area contributed by atoms with Crippen molar-refractivity contribution in [3.05, 3.63) is 59.8 Å². The van der Waals surface area contributed by atoms with E-state index in [1.807, 2.05) is 30.3 Å². The smallest absolute Gasteiger partial charge is 0.315 e. The first-order valence-electron chi connectivity index (χ1n) is 9.64. The number of amides is 2. The van der Waals surface area contributed by atoms with Crippen LogP contribution in [0, 0.1) is 0 Å². The third-order valence-electron chi connectivity index (χ3n) is 4.70. The third kappa shape index (κ3) is 5.44. The molecule has 144 valence electrons. The van der Waals surface area contributed by atoms with Gasteiger partial charge in [0.15, 0.2) is 0 Å². The van der Waals surface area contributed by atoms with Crippen LogP contribution in [-0.2, 0) is 11.3 Å². The standard InChI is InChI=1S/C21H28N4O2/c1-2-7-19(17-8-4-3-5-9-17)24-21(26)23-16-18-10-6-11-22-20(18)25-12-14-27-15-13-25/h3-6,8-11,19H,2,7,12-16H2,1H3,(H2,23,24,26)/t19-/m0/s1. The Balaban J connectivity index is 1.60. The molecule has 1 aliphatic rings. The summed E-state index contributed by atoms with van der Waals surface area (Å²) in [5, 5.41) is 6.09. The van der Waals surface area contributed by atoms with Gasteiger partial charge in [0.2, 0.25) is 0 Å². The van der Waals surface area contributed by atoms with Gasteiger partial charge in [0.25, 0.3) is 0 Å². The van der Waals surface area contributed by atoms with Gasteiger partial charge in [-0.3, -0.25) is 0 Å². The molecule has 0 bridgehead atoms. The van der Waals surface area contributed by atoms with Gasteiger partial charge >= 0.3 is 6.03 Å². The number of pyridine rings is 1. The first-order chi connectivity index (χ1) is 13.3. The summed E-state index contributed by atoms with van der Waals surface area (Å²) in [6.45, 7) is 5.63. The zero-order valence-electron chi connectivity index (χ0n) is 15.9. The number of urea groups is 1. The molecule has 0 unspecified atom stereocenters. The molecular weight excluding hydrogens is 340 g/mol. The number of ether oxygens (including phenoxy) is 1. The number of nitrogens with one attached hydrogen (secondary N) is 2. The average molecular weight is 368 g/mol. The molecule has 2 heterocycles. The van der Waals surface area contributed by atoms with Crippen LogP contribution in [0.2, 0.25) is 0 Å². The SMILES string of the molecule is CCC[C@H](NC(=O)NCc1cccnc1N1CCOCC1)c1ccccc1. The Kier molecular flexibility index (Phi) is 7.04. The van der Waals surface area contributed by atoms with Crippen molar-refractivity contribution in [2.45, 2.75) is 32.4 Å². The summed E-state index contributed by atoms with van der Waals surface area (Å²) in [6, 6.07) is 13.9. The minimum absolute atomic E-state index is 0.0174. The van der Waals surface area contributed by atoms with Crippen LogP contribution in [0.5, 0.6) is 0 Å². The van der Waals surface area contributed by atoms with Gasteiger partial charge in [0.1, 0.15) is 5.82 Å². The second-order valence-corrected chi connectivity index (χ2v) is 6.66. The summed E-state index contributed by atoms with van der Waals surface area (Å²) >= 11 is 0. The number of nitrogens with zero attached hydrogens (tertiary/aromatic N) is 2. The van der Waals surface area contributed by atoms with E-state index in [1.165, 1.54) is 0 Å². The Morgan fingerprint density at radius 2 is 1.96 bits per heavy atom. The van der Waals surface area contributed by atoms with Crippen LogP contribution in [0.1, 0.15) is 36.9 Å². The summed E-state index contributed by atoms with van der Waals surface area (Å²) < 4.78 is 5.42. The molecule has 6 nitrogen and oxygen atoms in total. The topological polar surface area (TPSA) is 66.5 Å². The van der Waals surface area contributed by atoms with Gasteiger partial charge in [-0.1, -0.05) is 49.7 Å². The fourth-order valence-electron chi connectivity index (χ4n) is 3.31. The summed E-state index contributed by atoms with van der Waals surface area (Å²) in [6.07, 6.45) is 3.70. The van der Waals surface area contributed by atoms with Gasteiger partial charge in [0.05, 0.1) is 19.3 Å². The molecule has 1 aromatic carbocycles. The first-order valence-corrected chi connectivity index (χ1v) is 9.64. The van der Waals surface area contributed by atoms with Crippen LogP contribution in [-0.4, -0.2) is 37.3 Å². The molecule has 2 N–H and O–H groups in total. The molecule has 1 aromatic heterocycles. The van der Waals surface area contributed by atoms with Gasteiger partial charge in [0, 0.05) is 31.4 Å². The number of rotatable bonds is 7. The molecular formula is C21H28N4O2. The maximum Gasteiger partial charge on any atom is 0.315 e. The van der Waals surface area contributed by atoms with E-state index in [1.54, 1.807) is 6.20 Å². The Bertz CT molecular complexity index is 717. The lowest BCUT2D eigenvalue weighted by Crippen LogP contribution is -2.39. The molecule has 1 saturated heterocycles. The lowest BCUT2D eigenvalue weighted by Gasteiger charge is -2.29. The number of hydrogen-bond donors (Lipinski definition) is 2. The fourth-order valence-corrected chi connectivity index (χ4v) is 3.31. The Labute approximate surface area is 160 Å². The number of aromatic nitrogens is 1. The van der Waals surface area contributed by atoms with Crippen molar-refractivity contribution in [2.75, 3.05) is 31.2 Å². The maximum absolute atomic E-state index is 12.5. The Hall–Kier alpha value is -2.60. The zero-order valence-corrected chi connectivity index (χ0v) is 15.9. The number of carbonyl (C=O) groups excluding carboxylic acids is 1. The van der Waals surface area contributed by atoms with Gasteiger partial charge < -0.3 is 20.3 Å². The highest BCUT2D eigenvalue weighted by molar-refractivity contribution is 5.74. The van der Waals surface area contributed by atoms with E-state index < -0.39 is 0 Å². The highest BCUT2D eigenvalue weighted by Gasteiger charge is 2.17. The van der Waals surface area contributed by atoms with E-state index in [2.05, 4.69) is 39.6 Å². The van der Waals surface area contributed by atoms with Crippen LogP contribution >= 0.6 is 0 Å². The van der Waals surface area contributed by atoms with Crippen molar-refractivity contribution in [3.8, 4) is 0 Å². The minimum Gasteiger partial charge on any atom is -0.378 e. The summed E-state index contributed by atoms with van der Waals surface area (Å²) in [5.74, 6) is 0.925. The van der Waals surface area contributed by atoms with Gasteiger partial charge in [-0.15, -0.1) is 0 Å². The summed E-state index contributed by atoms with van der Waals surface area (Å²) in [5.41, 5.74) is 2.14. The van der Waals surface area contributed by atoms with Crippen LogP contribution in [0.3, 0.4) is 0 Å². The minimum atomic E-state index is -0.158. The quantitative estimate of drug-likeness (QED) is 0.787. The molecule has 3 rings (SSSR count). The van der Waals surface area contributed by atoms with Gasteiger partial charge in [-0.25, -0.2) is 9.78 Å². The molecule has 6 heteroatoms. The van der Waals surface area contributed by atoms with Crippen LogP contribution < -0.4 is 15.5 Å². The molecule has 1 atom stereocenters. The van der Waals surface area contributed by atoms with E-state index >= 15 is 0 Å². The molecule has 0 saturated carbocycles. The Morgan fingerprint density at radius 3 is 2.70 bits per heavy atom. The van der Waals surface area contributed by atoms with Crippen molar-refractivity contribution < 1.29 is 9.53 Å². The highest BCUT2D eigenvalue weighted by Crippen LogP contribution is 2.19. The number of anilines is 1. The molecule has 0 radical (unpaired) electrons. The molecule has 1 fully saturated rings. The van der Waals surface area contributed by atoms with Gasteiger partial charge in [-0.05, 0) is 18.1 Å². The lowest BCUT2D eigenvalue weighted by molar-refractivity contribution is 0.122.